The molecular formula is C35H31NO5. The van der Waals surface area contributed by atoms with Crippen molar-refractivity contribution in [2.24, 2.45) is 5.92 Å². The average molecular weight is 546 g/mol. The maximum Gasteiger partial charge on any atom is 0.410 e. The van der Waals surface area contributed by atoms with E-state index in [0.29, 0.717) is 37.4 Å². The van der Waals surface area contributed by atoms with E-state index in [0.717, 1.165) is 5.75 Å². The summed E-state index contributed by atoms with van der Waals surface area (Å²) in [5.41, 5.74) is 5.44. The minimum absolute atomic E-state index is 0.00963. The van der Waals surface area contributed by atoms with E-state index in [1.165, 1.54) is 22.3 Å². The molecule has 0 N–H and O–H groups in total. The minimum Gasteiger partial charge on any atom is -0.457 e. The average Bonchev–Trinajstić information content (AvgIpc) is 3.33. The first kappa shape index (κ1) is 25.5. The topological polar surface area (TPSA) is 65.1 Å². The molecule has 4 aromatic rings. The SMILES string of the molecule is O=C(c1ccc(Oc2ccccc2)cc1)C1CC2COCC(C1)N2C(=O)OCC1c2ccccc2-c2ccccc21. The van der Waals surface area contributed by atoms with Crippen LogP contribution >= 0.6 is 0 Å². The molecule has 2 aliphatic heterocycles. The summed E-state index contributed by atoms with van der Waals surface area (Å²) in [4.78, 5) is 28.8. The number of para-hydroxylation sites is 1. The van der Waals surface area contributed by atoms with Crippen molar-refractivity contribution in [3.8, 4) is 22.6 Å². The minimum atomic E-state index is -0.321. The summed E-state index contributed by atoms with van der Waals surface area (Å²) < 4.78 is 17.7. The number of morpholine rings is 1. The predicted molar refractivity (Wildman–Crippen MR) is 155 cm³/mol. The number of fused-ring (bicyclic) bond motifs is 5. The van der Waals surface area contributed by atoms with Crippen LogP contribution in [0.1, 0.15) is 40.2 Å². The van der Waals surface area contributed by atoms with Gasteiger partial charge in [-0.3, -0.25) is 9.69 Å². The monoisotopic (exact) mass is 545 g/mol. The molecule has 0 aromatic heterocycles. The van der Waals surface area contributed by atoms with Gasteiger partial charge < -0.3 is 14.2 Å². The Morgan fingerprint density at radius 1 is 0.707 bits per heavy atom. The van der Waals surface area contributed by atoms with Gasteiger partial charge in [0.15, 0.2) is 5.78 Å². The van der Waals surface area contributed by atoms with Gasteiger partial charge in [0, 0.05) is 17.4 Å². The van der Waals surface area contributed by atoms with Crippen LogP contribution in [0, 0.1) is 5.92 Å². The third kappa shape index (κ3) is 4.89. The number of piperidine rings is 1. The lowest BCUT2D eigenvalue weighted by Gasteiger charge is -2.47. The molecule has 2 heterocycles. The van der Waals surface area contributed by atoms with Gasteiger partial charge in [0.05, 0.1) is 25.3 Å². The molecule has 0 saturated carbocycles. The second-order valence-corrected chi connectivity index (χ2v) is 11.0. The number of benzene rings is 4. The lowest BCUT2D eigenvalue weighted by atomic mass is 9.81. The fourth-order valence-electron chi connectivity index (χ4n) is 6.64. The molecule has 2 atom stereocenters. The molecule has 7 rings (SSSR count). The summed E-state index contributed by atoms with van der Waals surface area (Å²) in [5, 5.41) is 0. The highest BCUT2D eigenvalue weighted by atomic mass is 16.6. The van der Waals surface area contributed by atoms with Crippen molar-refractivity contribution in [3.63, 3.8) is 0 Å². The van der Waals surface area contributed by atoms with Crippen molar-refractivity contribution < 1.29 is 23.8 Å². The highest BCUT2D eigenvalue weighted by molar-refractivity contribution is 5.98. The third-order valence-corrected chi connectivity index (χ3v) is 8.56. The molecular weight excluding hydrogens is 514 g/mol. The molecule has 2 unspecified atom stereocenters. The van der Waals surface area contributed by atoms with Crippen molar-refractivity contribution in [3.05, 3.63) is 120 Å². The molecule has 3 aliphatic rings. The van der Waals surface area contributed by atoms with Crippen LogP contribution in [-0.2, 0) is 9.47 Å². The Bertz CT molecular complexity index is 1510. The lowest BCUT2D eigenvalue weighted by molar-refractivity contribution is -0.0747. The van der Waals surface area contributed by atoms with E-state index in [2.05, 4.69) is 24.3 Å². The Kier molecular flexibility index (Phi) is 6.77. The number of carbonyl (C=O) groups is 2. The molecule has 6 nitrogen and oxygen atoms in total. The van der Waals surface area contributed by atoms with Crippen molar-refractivity contribution >= 4 is 11.9 Å². The van der Waals surface area contributed by atoms with E-state index in [1.54, 1.807) is 0 Å². The molecule has 206 valence electrons. The standard InChI is InChI=1S/C35H31NO5/c37-34(23-14-16-28(17-15-23)41-27-8-2-1-3-9-27)24-18-25-20-39-21-26(19-24)36(25)35(38)40-22-33-31-12-6-4-10-29(31)30-11-5-7-13-32(30)33/h1-17,24-26,33H,18-22H2. The molecule has 0 spiro atoms. The van der Waals surface area contributed by atoms with Gasteiger partial charge in [0.25, 0.3) is 0 Å². The maximum absolute atomic E-state index is 13.5. The van der Waals surface area contributed by atoms with E-state index in [9.17, 15) is 9.59 Å². The Morgan fingerprint density at radius 3 is 1.90 bits per heavy atom. The quantitative estimate of drug-likeness (QED) is 0.242. The molecule has 4 aromatic carbocycles. The molecule has 41 heavy (non-hydrogen) atoms. The van der Waals surface area contributed by atoms with Crippen LogP contribution in [0.4, 0.5) is 4.79 Å². The Morgan fingerprint density at radius 2 is 1.27 bits per heavy atom. The summed E-state index contributed by atoms with van der Waals surface area (Å²) in [6.45, 7) is 1.10. The molecule has 2 saturated heterocycles. The zero-order valence-corrected chi connectivity index (χ0v) is 22.6. The van der Waals surface area contributed by atoms with Gasteiger partial charge in [-0.2, -0.15) is 0 Å². The smallest absolute Gasteiger partial charge is 0.410 e. The summed E-state index contributed by atoms with van der Waals surface area (Å²) in [7, 11) is 0. The highest BCUT2D eigenvalue weighted by Gasteiger charge is 2.45. The van der Waals surface area contributed by atoms with Gasteiger partial charge in [-0.25, -0.2) is 4.79 Å². The van der Waals surface area contributed by atoms with Gasteiger partial charge in [0.1, 0.15) is 18.1 Å². The Hall–Kier alpha value is -4.42. The number of ether oxygens (including phenoxy) is 3. The van der Waals surface area contributed by atoms with Gasteiger partial charge in [-0.15, -0.1) is 0 Å². The number of Topliss-reactive ketones (excluding diaryl/α,β-unsaturated/α-hetero) is 1. The fraction of sp³-hybridized carbons (Fsp3) is 0.257. The molecule has 2 fully saturated rings. The summed E-state index contributed by atoms with van der Waals surface area (Å²) in [6, 6.07) is 33.2. The van der Waals surface area contributed by atoms with Crippen LogP contribution in [0.15, 0.2) is 103 Å². The van der Waals surface area contributed by atoms with Crippen LogP contribution in [0.3, 0.4) is 0 Å². The first-order valence-corrected chi connectivity index (χ1v) is 14.2. The molecule has 1 amide bonds. The highest BCUT2D eigenvalue weighted by Crippen LogP contribution is 2.45. The van der Waals surface area contributed by atoms with E-state index >= 15 is 0 Å². The van der Waals surface area contributed by atoms with Crippen LogP contribution in [0.25, 0.3) is 11.1 Å². The molecule has 2 bridgehead atoms. The van der Waals surface area contributed by atoms with Gasteiger partial charge >= 0.3 is 6.09 Å². The molecule has 6 heteroatoms. The summed E-state index contributed by atoms with van der Waals surface area (Å²) >= 11 is 0. The third-order valence-electron chi connectivity index (χ3n) is 8.56. The van der Waals surface area contributed by atoms with Crippen LogP contribution in [0.2, 0.25) is 0 Å². The summed E-state index contributed by atoms with van der Waals surface area (Å²) in [6.07, 6.45) is 0.794. The normalized spacial score (nSPS) is 21.1. The number of hydrogen-bond acceptors (Lipinski definition) is 5. The van der Waals surface area contributed by atoms with Crippen LogP contribution in [-0.4, -0.2) is 48.7 Å². The van der Waals surface area contributed by atoms with E-state index in [1.807, 2.05) is 83.8 Å². The lowest BCUT2D eigenvalue weighted by Crippen LogP contribution is -2.60. The first-order chi connectivity index (χ1) is 20.2. The number of nitrogens with zero attached hydrogens (tertiary/aromatic N) is 1. The van der Waals surface area contributed by atoms with Gasteiger partial charge in [-0.1, -0.05) is 66.7 Å². The largest absolute Gasteiger partial charge is 0.457 e. The zero-order valence-electron chi connectivity index (χ0n) is 22.6. The Balaban J connectivity index is 1.01. The van der Waals surface area contributed by atoms with E-state index in [4.69, 9.17) is 14.2 Å². The second-order valence-electron chi connectivity index (χ2n) is 11.0. The van der Waals surface area contributed by atoms with Gasteiger partial charge in [-0.05, 0) is 71.5 Å². The van der Waals surface area contributed by atoms with E-state index in [-0.39, 0.29) is 42.4 Å². The predicted octanol–water partition coefficient (Wildman–Crippen LogP) is 7.09. The Labute approximate surface area is 239 Å². The molecule has 1 aliphatic carbocycles. The number of hydrogen-bond donors (Lipinski definition) is 0. The second kappa shape index (κ2) is 10.9. The van der Waals surface area contributed by atoms with Crippen molar-refractivity contribution in [1.29, 1.82) is 0 Å². The number of amides is 1. The van der Waals surface area contributed by atoms with E-state index < -0.39 is 0 Å². The summed E-state index contributed by atoms with van der Waals surface area (Å²) in [5.74, 6) is 1.37. The van der Waals surface area contributed by atoms with Crippen LogP contribution in [0.5, 0.6) is 11.5 Å². The molecule has 0 radical (unpaired) electrons. The van der Waals surface area contributed by atoms with Crippen molar-refractivity contribution in [1.82, 2.24) is 4.90 Å². The van der Waals surface area contributed by atoms with Crippen LogP contribution < -0.4 is 4.74 Å². The first-order valence-electron chi connectivity index (χ1n) is 14.2. The maximum atomic E-state index is 13.5. The number of rotatable bonds is 6. The van der Waals surface area contributed by atoms with Gasteiger partial charge in [0.2, 0.25) is 0 Å². The fourth-order valence-corrected chi connectivity index (χ4v) is 6.64. The van der Waals surface area contributed by atoms with Crippen molar-refractivity contribution in [2.45, 2.75) is 30.8 Å². The van der Waals surface area contributed by atoms with Crippen molar-refractivity contribution in [2.75, 3.05) is 19.8 Å². The number of carbonyl (C=O) groups excluding carboxylic acids is 2. The zero-order chi connectivity index (χ0) is 27.8. The number of ketones is 1.